The Bertz CT molecular complexity index is 414. The van der Waals surface area contributed by atoms with Crippen LogP contribution in [0.3, 0.4) is 0 Å². The summed E-state index contributed by atoms with van der Waals surface area (Å²) >= 11 is 1.91. The van der Waals surface area contributed by atoms with Gasteiger partial charge in [-0.15, -0.1) is 11.3 Å². The Morgan fingerprint density at radius 3 is 2.65 bits per heavy atom. The lowest BCUT2D eigenvalue weighted by atomic mass is 9.75. The van der Waals surface area contributed by atoms with Crippen LogP contribution in [-0.2, 0) is 12.8 Å². The van der Waals surface area contributed by atoms with Crippen LogP contribution in [0.25, 0.3) is 0 Å². The molecule has 0 spiro atoms. The van der Waals surface area contributed by atoms with Gasteiger partial charge < -0.3 is 5.11 Å². The maximum Gasteiger partial charge on any atom is 0.0728 e. The molecular weight excluding hydrogens is 228 g/mol. The zero-order chi connectivity index (χ0) is 12.5. The molecule has 1 heterocycles. The van der Waals surface area contributed by atoms with Gasteiger partial charge in [0.15, 0.2) is 0 Å². The van der Waals surface area contributed by atoms with Crippen LogP contribution >= 0.6 is 11.3 Å². The Morgan fingerprint density at radius 2 is 2.06 bits per heavy atom. The van der Waals surface area contributed by atoms with Gasteiger partial charge in [0.2, 0.25) is 0 Å². The fourth-order valence-electron chi connectivity index (χ4n) is 2.70. The average molecular weight is 250 g/mol. The topological polar surface area (TPSA) is 20.2 Å². The molecule has 0 saturated heterocycles. The minimum Gasteiger partial charge on any atom is -0.389 e. The molecule has 0 radical (unpaired) electrons. The summed E-state index contributed by atoms with van der Waals surface area (Å²) in [6.45, 7) is 6.69. The number of rotatable bonds is 3. The first-order valence-electron chi connectivity index (χ1n) is 6.44. The first-order chi connectivity index (χ1) is 7.98. The van der Waals surface area contributed by atoms with Crippen LogP contribution in [0.2, 0.25) is 0 Å². The highest BCUT2D eigenvalue weighted by Crippen LogP contribution is 2.37. The summed E-state index contributed by atoms with van der Waals surface area (Å²) in [5.74, 6) is 0. The minimum absolute atomic E-state index is 0.244. The quantitative estimate of drug-likeness (QED) is 0.805. The molecule has 0 saturated carbocycles. The Kier molecular flexibility index (Phi) is 3.74. The molecule has 1 atom stereocenters. The second-order valence-electron chi connectivity index (χ2n) is 5.84. The summed E-state index contributed by atoms with van der Waals surface area (Å²) in [6, 6.07) is 4.46. The van der Waals surface area contributed by atoms with Crippen LogP contribution in [0.1, 0.15) is 43.4 Å². The molecule has 0 bridgehead atoms. The molecule has 0 aromatic carbocycles. The maximum absolute atomic E-state index is 9.87. The van der Waals surface area contributed by atoms with Crippen molar-refractivity contribution in [1.82, 2.24) is 0 Å². The lowest BCUT2D eigenvalue weighted by Gasteiger charge is -2.32. The van der Waals surface area contributed by atoms with Gasteiger partial charge in [-0.2, -0.15) is 0 Å². The Morgan fingerprint density at radius 1 is 1.35 bits per heavy atom. The molecule has 1 unspecified atom stereocenters. The van der Waals surface area contributed by atoms with E-state index in [4.69, 9.17) is 0 Å². The van der Waals surface area contributed by atoms with Crippen LogP contribution in [0, 0.1) is 5.41 Å². The van der Waals surface area contributed by atoms with Crippen LogP contribution in [-0.4, -0.2) is 11.2 Å². The van der Waals surface area contributed by atoms with E-state index in [1.807, 2.05) is 11.3 Å². The molecule has 1 aromatic heterocycles. The summed E-state index contributed by atoms with van der Waals surface area (Å²) in [5.41, 5.74) is 1.65. The molecule has 2 rings (SSSR count). The number of aliphatic hydroxyl groups excluding tert-OH is 1. The van der Waals surface area contributed by atoms with Crippen molar-refractivity contribution in [3.05, 3.63) is 33.5 Å². The standard InChI is InChI=1S/C15H22OS/c1-4-13-5-6-14(17-13)8-11-7-12(16)10-15(2,3)9-11/h5-7,12,16H,4,8-10H2,1-3H3. The number of aliphatic hydroxyl groups is 1. The van der Waals surface area contributed by atoms with E-state index in [-0.39, 0.29) is 11.5 Å². The molecule has 1 aliphatic carbocycles. The van der Waals surface area contributed by atoms with E-state index in [0.29, 0.717) is 0 Å². The molecular formula is C15H22OS. The van der Waals surface area contributed by atoms with Gasteiger partial charge >= 0.3 is 0 Å². The van der Waals surface area contributed by atoms with Gasteiger partial charge in [-0.1, -0.05) is 32.4 Å². The highest BCUT2D eigenvalue weighted by atomic mass is 32.1. The molecule has 0 aliphatic heterocycles. The predicted molar refractivity (Wildman–Crippen MR) is 74.5 cm³/mol. The van der Waals surface area contributed by atoms with Gasteiger partial charge in [0, 0.05) is 16.2 Å². The van der Waals surface area contributed by atoms with Crippen LogP contribution in [0.15, 0.2) is 23.8 Å². The van der Waals surface area contributed by atoms with Crippen LogP contribution in [0.5, 0.6) is 0 Å². The number of allylic oxidation sites excluding steroid dienone is 1. The Labute approximate surface area is 108 Å². The van der Waals surface area contributed by atoms with E-state index in [9.17, 15) is 5.11 Å². The van der Waals surface area contributed by atoms with Crippen molar-refractivity contribution in [3.8, 4) is 0 Å². The van der Waals surface area contributed by atoms with E-state index in [0.717, 1.165) is 25.7 Å². The lowest BCUT2D eigenvalue weighted by molar-refractivity contribution is 0.138. The lowest BCUT2D eigenvalue weighted by Crippen LogP contribution is -2.25. The summed E-state index contributed by atoms with van der Waals surface area (Å²) in [4.78, 5) is 2.88. The van der Waals surface area contributed by atoms with Crippen molar-refractivity contribution < 1.29 is 5.11 Å². The molecule has 1 nitrogen and oxygen atoms in total. The van der Waals surface area contributed by atoms with E-state index in [1.54, 1.807) is 0 Å². The number of hydrogen-bond acceptors (Lipinski definition) is 2. The second kappa shape index (κ2) is 4.95. The first-order valence-corrected chi connectivity index (χ1v) is 7.25. The van der Waals surface area contributed by atoms with Gasteiger partial charge in [0.05, 0.1) is 6.10 Å². The zero-order valence-corrected chi connectivity index (χ0v) is 11.8. The summed E-state index contributed by atoms with van der Waals surface area (Å²) in [7, 11) is 0. The third-order valence-electron chi connectivity index (χ3n) is 3.36. The molecule has 94 valence electrons. The fourth-order valence-corrected chi connectivity index (χ4v) is 3.71. The summed E-state index contributed by atoms with van der Waals surface area (Å²) in [6.07, 6.45) is 5.96. The van der Waals surface area contributed by atoms with Crippen molar-refractivity contribution in [3.63, 3.8) is 0 Å². The van der Waals surface area contributed by atoms with Crippen molar-refractivity contribution in [2.75, 3.05) is 0 Å². The molecule has 1 aromatic rings. The van der Waals surface area contributed by atoms with E-state index < -0.39 is 0 Å². The molecule has 2 heteroatoms. The number of thiophene rings is 1. The van der Waals surface area contributed by atoms with E-state index in [2.05, 4.69) is 39.0 Å². The Hall–Kier alpha value is -0.600. The van der Waals surface area contributed by atoms with Gasteiger partial charge in [0.1, 0.15) is 0 Å². The number of aryl methyl sites for hydroxylation is 1. The van der Waals surface area contributed by atoms with Crippen molar-refractivity contribution in [2.45, 2.75) is 52.6 Å². The van der Waals surface area contributed by atoms with Gasteiger partial charge in [-0.25, -0.2) is 0 Å². The highest BCUT2D eigenvalue weighted by molar-refractivity contribution is 7.12. The Balaban J connectivity index is 2.08. The van der Waals surface area contributed by atoms with Crippen LogP contribution < -0.4 is 0 Å². The van der Waals surface area contributed by atoms with Crippen molar-refractivity contribution >= 4 is 11.3 Å². The normalized spacial score (nSPS) is 23.5. The second-order valence-corrected chi connectivity index (χ2v) is 7.09. The van der Waals surface area contributed by atoms with E-state index in [1.165, 1.54) is 15.3 Å². The third kappa shape index (κ3) is 3.43. The first kappa shape index (κ1) is 12.8. The molecule has 0 fully saturated rings. The van der Waals surface area contributed by atoms with Gasteiger partial charge in [-0.3, -0.25) is 0 Å². The predicted octanol–water partition coefficient (Wildman–Crippen LogP) is 3.96. The average Bonchev–Trinajstić information content (AvgIpc) is 2.62. The third-order valence-corrected chi connectivity index (χ3v) is 4.59. The van der Waals surface area contributed by atoms with E-state index >= 15 is 0 Å². The molecule has 1 aliphatic rings. The van der Waals surface area contributed by atoms with Crippen molar-refractivity contribution in [2.24, 2.45) is 5.41 Å². The monoisotopic (exact) mass is 250 g/mol. The summed E-state index contributed by atoms with van der Waals surface area (Å²) in [5, 5.41) is 9.87. The SMILES string of the molecule is CCc1ccc(CC2=CC(O)CC(C)(C)C2)s1. The highest BCUT2D eigenvalue weighted by Gasteiger charge is 2.27. The largest absolute Gasteiger partial charge is 0.389 e. The van der Waals surface area contributed by atoms with Gasteiger partial charge in [-0.05, 0) is 36.8 Å². The summed E-state index contributed by atoms with van der Waals surface area (Å²) < 4.78 is 0. The number of hydrogen-bond donors (Lipinski definition) is 1. The molecule has 1 N–H and O–H groups in total. The maximum atomic E-state index is 9.87. The fraction of sp³-hybridized carbons (Fsp3) is 0.600. The van der Waals surface area contributed by atoms with Crippen LogP contribution in [0.4, 0.5) is 0 Å². The smallest absolute Gasteiger partial charge is 0.0728 e. The minimum atomic E-state index is -0.251. The van der Waals surface area contributed by atoms with Gasteiger partial charge in [0.25, 0.3) is 0 Å². The molecule has 17 heavy (non-hydrogen) atoms. The molecule has 0 amide bonds. The van der Waals surface area contributed by atoms with Crippen molar-refractivity contribution in [1.29, 1.82) is 0 Å². The zero-order valence-electron chi connectivity index (χ0n) is 11.0.